The van der Waals surface area contributed by atoms with Gasteiger partial charge in [0.2, 0.25) is 10.0 Å². The lowest BCUT2D eigenvalue weighted by molar-refractivity contribution is 0.340. The van der Waals surface area contributed by atoms with Crippen LogP contribution in [0.1, 0.15) is 50.7 Å². The molecule has 1 aliphatic heterocycles. The molecular formula is C30H37N5O4S. The van der Waals surface area contributed by atoms with Crippen LogP contribution in [0.3, 0.4) is 0 Å². The largest absolute Gasteiger partial charge is 0.493 e. The van der Waals surface area contributed by atoms with E-state index in [0.717, 1.165) is 44.2 Å². The molecule has 40 heavy (non-hydrogen) atoms. The predicted octanol–water partition coefficient (Wildman–Crippen LogP) is 4.76. The van der Waals surface area contributed by atoms with E-state index in [1.165, 1.54) is 11.6 Å². The number of aromatic amines is 1. The van der Waals surface area contributed by atoms with E-state index in [2.05, 4.69) is 28.9 Å². The normalized spacial score (nSPS) is 16.0. The number of nitrogens with two attached hydrogens (primary N) is 1. The zero-order valence-corrected chi connectivity index (χ0v) is 24.1. The molecule has 0 saturated carbocycles. The fourth-order valence-corrected chi connectivity index (χ4v) is 6.54. The Morgan fingerprint density at radius 1 is 1.15 bits per heavy atom. The third-order valence-electron chi connectivity index (χ3n) is 7.55. The Balaban J connectivity index is 1.71. The van der Waals surface area contributed by atoms with Gasteiger partial charge in [0.05, 0.1) is 23.2 Å². The maximum Gasteiger partial charge on any atom is 0.260 e. The second-order valence-corrected chi connectivity index (χ2v) is 12.0. The zero-order valence-electron chi connectivity index (χ0n) is 23.3. The number of nitrogens with zero attached hydrogens (tertiary/aromatic N) is 3. The van der Waals surface area contributed by atoms with Gasteiger partial charge in [0, 0.05) is 31.4 Å². The van der Waals surface area contributed by atoms with Crippen molar-refractivity contribution in [3.63, 3.8) is 0 Å². The topological polar surface area (TPSA) is 123 Å². The van der Waals surface area contributed by atoms with E-state index in [9.17, 15) is 13.2 Å². The first-order chi connectivity index (χ1) is 19.2. The molecule has 10 heteroatoms. The average molecular weight is 564 g/mol. The van der Waals surface area contributed by atoms with Gasteiger partial charge in [-0.3, -0.25) is 4.79 Å². The van der Waals surface area contributed by atoms with E-state index in [1.54, 1.807) is 6.07 Å². The third kappa shape index (κ3) is 5.51. The molecule has 5 rings (SSSR count). The number of H-pyrrole nitrogens is 1. The summed E-state index contributed by atoms with van der Waals surface area (Å²) in [5.74, 6) is 0.634. The van der Waals surface area contributed by atoms with Crippen molar-refractivity contribution in [1.82, 2.24) is 14.5 Å². The molecule has 1 atom stereocenters. The maximum atomic E-state index is 13.3. The van der Waals surface area contributed by atoms with Gasteiger partial charge in [0.1, 0.15) is 22.1 Å². The smallest absolute Gasteiger partial charge is 0.260 e. The van der Waals surface area contributed by atoms with Crippen molar-refractivity contribution >= 4 is 26.7 Å². The molecule has 2 aromatic heterocycles. The van der Waals surface area contributed by atoms with Crippen LogP contribution in [0.25, 0.3) is 22.4 Å². The number of nitrogens with one attached hydrogen (secondary N) is 1. The summed E-state index contributed by atoms with van der Waals surface area (Å²) in [6.45, 7) is 7.51. The van der Waals surface area contributed by atoms with Gasteiger partial charge in [-0.1, -0.05) is 37.3 Å². The van der Waals surface area contributed by atoms with Crippen molar-refractivity contribution in [2.24, 2.45) is 5.14 Å². The first-order valence-corrected chi connectivity index (χ1v) is 15.5. The molecule has 3 heterocycles. The molecule has 0 radical (unpaired) electrons. The number of benzene rings is 2. The summed E-state index contributed by atoms with van der Waals surface area (Å²) in [7, 11) is -4.09. The number of rotatable bonds is 9. The number of anilines is 1. The van der Waals surface area contributed by atoms with Crippen molar-refractivity contribution in [2.45, 2.75) is 70.4 Å². The second kappa shape index (κ2) is 11.5. The molecule has 0 spiro atoms. The predicted molar refractivity (Wildman–Crippen MR) is 158 cm³/mol. The van der Waals surface area contributed by atoms with Crippen LogP contribution in [-0.2, 0) is 23.0 Å². The monoisotopic (exact) mass is 563 g/mol. The SMILES string of the molecule is CCCn1cc(C)c2c(=O)[nH]c(-c3cc(N4CCCCC4Cc4ccccc4)c(S(N)(=O)=O)cc3OCC)nc21. The molecule has 4 aromatic rings. The van der Waals surface area contributed by atoms with E-state index >= 15 is 0 Å². The standard InChI is InChI=1S/C30H37N5O4S/c1-4-14-34-19-20(3)27-29(34)32-28(33-30(27)36)23-17-24(26(40(31,37)38)18-25(23)39-5-2)35-15-10-9-13-22(35)16-21-11-7-6-8-12-21/h6-8,11-12,17-19,22H,4-5,9-10,13-16H2,1-3H3,(H2,31,37,38)(H,32,33,36). The Morgan fingerprint density at radius 2 is 1.93 bits per heavy atom. The summed E-state index contributed by atoms with van der Waals surface area (Å²) >= 11 is 0. The molecule has 3 N–H and O–H groups in total. The highest BCUT2D eigenvalue weighted by Crippen LogP contribution is 2.40. The third-order valence-corrected chi connectivity index (χ3v) is 8.49. The van der Waals surface area contributed by atoms with Crippen LogP contribution in [0, 0.1) is 6.92 Å². The highest BCUT2D eigenvalue weighted by molar-refractivity contribution is 7.89. The van der Waals surface area contributed by atoms with E-state index in [4.69, 9.17) is 14.9 Å². The molecular weight excluding hydrogens is 526 g/mol. The Morgan fingerprint density at radius 3 is 2.62 bits per heavy atom. The molecule has 0 bridgehead atoms. The minimum atomic E-state index is -4.09. The molecule has 0 amide bonds. The quantitative estimate of drug-likeness (QED) is 0.303. The van der Waals surface area contributed by atoms with E-state index in [-0.39, 0.29) is 16.5 Å². The van der Waals surface area contributed by atoms with E-state index < -0.39 is 10.0 Å². The molecule has 1 aliphatic rings. The fraction of sp³-hybridized carbons (Fsp3) is 0.400. The number of hydrogen-bond acceptors (Lipinski definition) is 6. The van der Waals surface area contributed by atoms with E-state index in [1.807, 2.05) is 42.8 Å². The molecule has 1 unspecified atom stereocenters. The van der Waals surface area contributed by atoms with Crippen LogP contribution in [0.15, 0.2) is 58.4 Å². The van der Waals surface area contributed by atoms with E-state index in [0.29, 0.717) is 47.0 Å². The second-order valence-electron chi connectivity index (χ2n) is 10.4. The Labute approximate surface area is 235 Å². The van der Waals surface area contributed by atoms with Crippen LogP contribution < -0.4 is 20.3 Å². The van der Waals surface area contributed by atoms with Gasteiger partial charge in [-0.25, -0.2) is 18.5 Å². The lowest BCUT2D eigenvalue weighted by Crippen LogP contribution is -2.42. The number of primary sulfonamides is 1. The summed E-state index contributed by atoms with van der Waals surface area (Å²) in [4.78, 5) is 23.3. The molecule has 212 valence electrons. The van der Waals surface area contributed by atoms with Gasteiger partial charge in [-0.15, -0.1) is 0 Å². The fourth-order valence-electron chi connectivity index (χ4n) is 5.80. The number of fused-ring (bicyclic) bond motifs is 1. The van der Waals surface area contributed by atoms with Crippen molar-refractivity contribution < 1.29 is 13.2 Å². The van der Waals surface area contributed by atoms with Crippen LogP contribution in [-0.4, -0.2) is 42.1 Å². The van der Waals surface area contributed by atoms with Gasteiger partial charge in [0.15, 0.2) is 0 Å². The molecule has 0 aliphatic carbocycles. The van der Waals surface area contributed by atoms with Gasteiger partial charge in [-0.05, 0) is 63.1 Å². The van der Waals surface area contributed by atoms with Crippen molar-refractivity contribution in [2.75, 3.05) is 18.1 Å². The maximum absolute atomic E-state index is 13.3. The highest BCUT2D eigenvalue weighted by atomic mass is 32.2. The van der Waals surface area contributed by atoms with Crippen LogP contribution >= 0.6 is 0 Å². The molecule has 1 saturated heterocycles. The highest BCUT2D eigenvalue weighted by Gasteiger charge is 2.30. The number of piperidine rings is 1. The number of aryl methyl sites for hydroxylation is 2. The summed E-state index contributed by atoms with van der Waals surface area (Å²) in [6, 6.07) is 13.5. The van der Waals surface area contributed by atoms with Crippen molar-refractivity contribution in [3.8, 4) is 17.1 Å². The number of ether oxygens (including phenoxy) is 1. The zero-order chi connectivity index (χ0) is 28.4. The lowest BCUT2D eigenvalue weighted by atomic mass is 9.94. The molecule has 9 nitrogen and oxygen atoms in total. The minimum Gasteiger partial charge on any atom is -0.493 e. The minimum absolute atomic E-state index is 0.00768. The Kier molecular flexibility index (Phi) is 8.00. The molecule has 2 aromatic carbocycles. The first kappa shape index (κ1) is 27.9. The van der Waals surface area contributed by atoms with Gasteiger partial charge >= 0.3 is 0 Å². The summed E-state index contributed by atoms with van der Waals surface area (Å²) in [5.41, 5.74) is 3.42. The average Bonchev–Trinajstić information content (AvgIpc) is 3.24. The number of aromatic nitrogens is 3. The summed E-state index contributed by atoms with van der Waals surface area (Å²) in [6.07, 6.45) is 6.53. The number of hydrogen-bond donors (Lipinski definition) is 2. The van der Waals surface area contributed by atoms with Gasteiger partial charge in [0.25, 0.3) is 5.56 Å². The van der Waals surface area contributed by atoms with Crippen LogP contribution in [0.2, 0.25) is 0 Å². The first-order valence-electron chi connectivity index (χ1n) is 14.0. The summed E-state index contributed by atoms with van der Waals surface area (Å²) in [5, 5.41) is 6.34. The van der Waals surface area contributed by atoms with Crippen LogP contribution in [0.5, 0.6) is 5.75 Å². The lowest BCUT2D eigenvalue weighted by Gasteiger charge is -2.39. The van der Waals surface area contributed by atoms with Gasteiger partial charge < -0.3 is 19.2 Å². The van der Waals surface area contributed by atoms with Gasteiger partial charge in [-0.2, -0.15) is 0 Å². The van der Waals surface area contributed by atoms with Crippen molar-refractivity contribution in [1.29, 1.82) is 0 Å². The number of sulfonamides is 1. The van der Waals surface area contributed by atoms with Crippen molar-refractivity contribution in [3.05, 3.63) is 70.1 Å². The van der Waals surface area contributed by atoms with Crippen LogP contribution in [0.4, 0.5) is 5.69 Å². The Hall–Kier alpha value is -3.63. The molecule has 1 fully saturated rings. The Bertz CT molecular complexity index is 1680. The summed E-state index contributed by atoms with van der Waals surface area (Å²) < 4.78 is 33.8.